The van der Waals surface area contributed by atoms with Crippen molar-refractivity contribution in [3.05, 3.63) is 51.9 Å². The molecular weight excluding hydrogens is 441 g/mol. The largest absolute Gasteiger partial charge is 0.490 e. The number of imidazole rings is 1. The minimum Gasteiger partial charge on any atom is -0.490 e. The molecule has 2 heterocycles. The van der Waals surface area contributed by atoms with Crippen molar-refractivity contribution in [1.29, 1.82) is 0 Å². The molecule has 7 nitrogen and oxygen atoms in total. The van der Waals surface area contributed by atoms with Crippen molar-refractivity contribution in [2.75, 3.05) is 12.3 Å². The lowest BCUT2D eigenvalue weighted by Gasteiger charge is -2.22. The molecular formula is C21H27ClFN5O2S. The van der Waals surface area contributed by atoms with E-state index in [1.165, 1.54) is 6.07 Å². The monoisotopic (exact) mass is 467 g/mol. The number of hydrogen-bond acceptors (Lipinski definition) is 5. The lowest BCUT2D eigenvalue weighted by atomic mass is 9.95. The van der Waals surface area contributed by atoms with Crippen molar-refractivity contribution >= 4 is 42.3 Å². The molecule has 3 rings (SSSR count). The fourth-order valence-electron chi connectivity index (χ4n) is 3.48. The number of hydrogen-bond donors (Lipinski definition) is 2. The Balaban J connectivity index is 0.00000341. The van der Waals surface area contributed by atoms with Crippen LogP contribution >= 0.6 is 25.1 Å². The molecule has 0 saturated heterocycles. The Morgan fingerprint density at radius 3 is 2.68 bits per heavy atom. The average molecular weight is 468 g/mol. The number of anilines is 1. The highest BCUT2D eigenvalue weighted by molar-refractivity contribution is 7.59. The van der Waals surface area contributed by atoms with Crippen molar-refractivity contribution < 1.29 is 13.9 Å². The van der Waals surface area contributed by atoms with E-state index < -0.39 is 11.7 Å². The van der Waals surface area contributed by atoms with Crippen LogP contribution in [-0.2, 0) is 0 Å². The molecule has 0 bridgehead atoms. The van der Waals surface area contributed by atoms with E-state index in [0.29, 0.717) is 35.0 Å². The van der Waals surface area contributed by atoms with Crippen molar-refractivity contribution in [2.45, 2.75) is 46.6 Å². The van der Waals surface area contributed by atoms with Gasteiger partial charge in [-0.05, 0) is 33.8 Å². The van der Waals surface area contributed by atoms with E-state index in [9.17, 15) is 9.18 Å². The van der Waals surface area contributed by atoms with Crippen molar-refractivity contribution in [3.8, 4) is 5.75 Å². The molecule has 31 heavy (non-hydrogen) atoms. The van der Waals surface area contributed by atoms with Crippen LogP contribution in [0.2, 0.25) is 5.02 Å². The van der Waals surface area contributed by atoms with E-state index in [1.54, 1.807) is 19.3 Å². The summed E-state index contributed by atoms with van der Waals surface area (Å²) in [6.07, 6.45) is 3.06. The molecule has 0 fully saturated rings. The first-order valence-corrected chi connectivity index (χ1v) is 10.1. The number of nitrogens with two attached hydrogens (primary N) is 1. The molecule has 10 heteroatoms. The lowest BCUT2D eigenvalue weighted by molar-refractivity contribution is 0.0945. The Hall–Kier alpha value is -2.52. The molecule has 1 atom stereocenters. The molecule has 3 N–H and O–H groups in total. The minimum atomic E-state index is -0.813. The third-order valence-corrected chi connectivity index (χ3v) is 5.03. The van der Waals surface area contributed by atoms with Gasteiger partial charge in [0.1, 0.15) is 28.5 Å². The van der Waals surface area contributed by atoms with Crippen LogP contribution in [-0.4, -0.2) is 32.9 Å². The van der Waals surface area contributed by atoms with E-state index in [1.807, 2.05) is 32.1 Å². The predicted molar refractivity (Wildman–Crippen MR) is 125 cm³/mol. The number of carbonyl (C=O) groups is 1. The fraction of sp³-hybridized carbons (Fsp3) is 0.381. The number of aryl methyl sites for hydroxylation is 1. The van der Waals surface area contributed by atoms with Gasteiger partial charge in [-0.1, -0.05) is 18.5 Å². The van der Waals surface area contributed by atoms with Crippen LogP contribution in [0.3, 0.4) is 0 Å². The van der Waals surface area contributed by atoms with Gasteiger partial charge in [0, 0.05) is 30.4 Å². The number of nitrogens with zero attached hydrogens (tertiary/aromatic N) is 3. The molecule has 0 aliphatic heterocycles. The Labute approximate surface area is 192 Å². The number of carbonyl (C=O) groups excluding carboxylic acids is 1. The normalized spacial score (nSPS) is 12.0. The van der Waals surface area contributed by atoms with Crippen LogP contribution in [0.15, 0.2) is 18.5 Å². The average Bonchev–Trinajstić information content (AvgIpc) is 3.02. The zero-order chi connectivity index (χ0) is 22.2. The van der Waals surface area contributed by atoms with Gasteiger partial charge in [-0.3, -0.25) is 9.20 Å². The molecule has 0 radical (unpaired) electrons. The summed E-state index contributed by atoms with van der Waals surface area (Å²) in [6.45, 7) is 9.45. The first kappa shape index (κ1) is 24.7. The Bertz CT molecular complexity index is 1120. The SMILES string of the molecule is CCNC(=O)c1c(F)c(Cl)cc([C@H](C)c2nc(C)c3c(N)nccn23)c1OC(C)C.S. The zero-order valence-corrected chi connectivity index (χ0v) is 19.8. The maximum atomic E-state index is 14.9. The van der Waals surface area contributed by atoms with Crippen LogP contribution in [0.25, 0.3) is 5.52 Å². The summed E-state index contributed by atoms with van der Waals surface area (Å²) in [6, 6.07) is 1.49. The van der Waals surface area contributed by atoms with Gasteiger partial charge < -0.3 is 15.8 Å². The highest BCUT2D eigenvalue weighted by atomic mass is 35.5. The van der Waals surface area contributed by atoms with Crippen LogP contribution in [0.4, 0.5) is 10.2 Å². The number of benzene rings is 1. The summed E-state index contributed by atoms with van der Waals surface area (Å²) < 4.78 is 22.7. The minimum absolute atomic E-state index is 0. The van der Waals surface area contributed by atoms with E-state index in [2.05, 4.69) is 15.3 Å². The van der Waals surface area contributed by atoms with Gasteiger partial charge in [0.2, 0.25) is 0 Å². The summed E-state index contributed by atoms with van der Waals surface area (Å²) in [4.78, 5) is 21.4. The predicted octanol–water partition coefficient (Wildman–Crippen LogP) is 4.21. The van der Waals surface area contributed by atoms with Gasteiger partial charge in [-0.15, -0.1) is 0 Å². The van der Waals surface area contributed by atoms with Gasteiger partial charge in [0.05, 0.1) is 16.8 Å². The summed E-state index contributed by atoms with van der Waals surface area (Å²) in [5, 5.41) is 2.47. The number of halogens is 2. The highest BCUT2D eigenvalue weighted by Crippen LogP contribution is 2.39. The van der Waals surface area contributed by atoms with Crippen molar-refractivity contribution in [2.24, 2.45) is 0 Å². The molecule has 1 aromatic carbocycles. The molecule has 3 aromatic rings. The topological polar surface area (TPSA) is 94.5 Å². The van der Waals surface area contributed by atoms with E-state index in [-0.39, 0.29) is 41.9 Å². The van der Waals surface area contributed by atoms with Crippen molar-refractivity contribution in [3.63, 3.8) is 0 Å². The smallest absolute Gasteiger partial charge is 0.258 e. The van der Waals surface area contributed by atoms with Gasteiger partial charge in [-0.2, -0.15) is 13.5 Å². The van der Waals surface area contributed by atoms with Crippen LogP contribution in [0.1, 0.15) is 61.1 Å². The fourth-order valence-corrected chi connectivity index (χ4v) is 3.69. The quantitative estimate of drug-likeness (QED) is 0.566. The Morgan fingerprint density at radius 1 is 1.39 bits per heavy atom. The Kier molecular flexibility index (Phi) is 7.77. The van der Waals surface area contributed by atoms with E-state index >= 15 is 0 Å². The first-order chi connectivity index (χ1) is 14.2. The highest BCUT2D eigenvalue weighted by Gasteiger charge is 2.29. The number of ether oxygens (including phenoxy) is 1. The number of fused-ring (bicyclic) bond motifs is 1. The molecule has 2 aromatic heterocycles. The summed E-state index contributed by atoms with van der Waals surface area (Å²) in [5.41, 5.74) is 7.78. The molecule has 0 unspecified atom stereocenters. The van der Waals surface area contributed by atoms with E-state index in [4.69, 9.17) is 22.1 Å². The van der Waals surface area contributed by atoms with Gasteiger partial charge in [0.15, 0.2) is 5.82 Å². The number of aromatic nitrogens is 3. The van der Waals surface area contributed by atoms with Gasteiger partial charge >= 0.3 is 0 Å². The molecule has 1 amide bonds. The van der Waals surface area contributed by atoms with Crippen LogP contribution in [0, 0.1) is 12.7 Å². The molecule has 0 aliphatic carbocycles. The molecule has 0 aliphatic rings. The molecule has 168 valence electrons. The van der Waals surface area contributed by atoms with E-state index in [0.717, 1.165) is 0 Å². The number of nitrogens with one attached hydrogen (secondary N) is 1. The first-order valence-electron chi connectivity index (χ1n) is 9.73. The summed E-state index contributed by atoms with van der Waals surface area (Å²) >= 11 is 6.18. The second kappa shape index (κ2) is 9.74. The molecule has 0 saturated carbocycles. The molecule has 0 spiro atoms. The van der Waals surface area contributed by atoms with Crippen LogP contribution < -0.4 is 15.8 Å². The number of amides is 1. The second-order valence-corrected chi connectivity index (χ2v) is 7.71. The summed E-state index contributed by atoms with van der Waals surface area (Å²) in [7, 11) is 0. The third-order valence-electron chi connectivity index (χ3n) is 4.76. The summed E-state index contributed by atoms with van der Waals surface area (Å²) in [5.74, 6) is -0.615. The van der Waals surface area contributed by atoms with Crippen molar-refractivity contribution in [1.82, 2.24) is 19.7 Å². The maximum Gasteiger partial charge on any atom is 0.258 e. The number of nitrogen functional groups attached to an aromatic ring is 1. The lowest BCUT2D eigenvalue weighted by Crippen LogP contribution is -2.26. The third kappa shape index (κ3) is 4.57. The Morgan fingerprint density at radius 2 is 2.06 bits per heavy atom. The van der Waals surface area contributed by atoms with Gasteiger partial charge in [-0.25, -0.2) is 14.4 Å². The van der Waals surface area contributed by atoms with Gasteiger partial charge in [0.25, 0.3) is 5.91 Å². The standard InChI is InChI=1S/C21H25ClFN5O2.H2S/c1-6-25-21(29)15-16(23)14(22)9-13(18(15)30-10(2)3)11(4)20-27-12(5)17-19(24)26-7-8-28(17)20;/h7-11H,6H2,1-5H3,(H2,24,26)(H,25,29);1H2/t11-;/m0./s1. The second-order valence-electron chi connectivity index (χ2n) is 7.30. The number of rotatable bonds is 6. The van der Waals surface area contributed by atoms with Crippen LogP contribution in [0.5, 0.6) is 5.75 Å². The maximum absolute atomic E-state index is 14.9. The zero-order valence-electron chi connectivity index (χ0n) is 18.1.